The molecular weight excluding hydrogens is 334 g/mol. The summed E-state index contributed by atoms with van der Waals surface area (Å²) in [5.41, 5.74) is -0.152. The van der Waals surface area contributed by atoms with Crippen LogP contribution in [-0.2, 0) is 6.54 Å². The van der Waals surface area contributed by atoms with Gasteiger partial charge in [-0.15, -0.1) is 11.3 Å². The normalized spacial score (nSPS) is 10.2. The average molecular weight is 344 g/mol. The number of nitrogens with zero attached hydrogens (tertiary/aromatic N) is 3. The molecule has 0 spiro atoms. The Kier molecular flexibility index (Phi) is 4.27. The van der Waals surface area contributed by atoms with Crippen molar-refractivity contribution in [3.05, 3.63) is 37.2 Å². The molecule has 9 heteroatoms. The van der Waals surface area contributed by atoms with Gasteiger partial charge < -0.3 is 10.6 Å². The third-order valence-electron chi connectivity index (χ3n) is 2.30. The van der Waals surface area contributed by atoms with Gasteiger partial charge in [-0.05, 0) is 28.1 Å². The third-order valence-corrected chi connectivity index (χ3v) is 3.92. The summed E-state index contributed by atoms with van der Waals surface area (Å²) in [4.78, 5) is 19.4. The number of hydrogen-bond acceptors (Lipinski definition) is 7. The molecule has 2 aromatic heterocycles. The number of rotatable bonds is 5. The van der Waals surface area contributed by atoms with Gasteiger partial charge in [0.05, 0.1) is 15.3 Å². The van der Waals surface area contributed by atoms with Crippen LogP contribution in [0.5, 0.6) is 0 Å². The maximum absolute atomic E-state index is 11.1. The molecule has 0 aliphatic carbocycles. The molecule has 2 heterocycles. The Labute approximate surface area is 121 Å². The van der Waals surface area contributed by atoms with Gasteiger partial charge in [-0.25, -0.2) is 9.97 Å². The first-order valence-electron chi connectivity index (χ1n) is 5.27. The summed E-state index contributed by atoms with van der Waals surface area (Å²) in [5, 5.41) is 16.7. The van der Waals surface area contributed by atoms with Crippen molar-refractivity contribution in [2.45, 2.75) is 6.54 Å². The van der Waals surface area contributed by atoms with Crippen LogP contribution < -0.4 is 10.6 Å². The van der Waals surface area contributed by atoms with Crippen LogP contribution in [0.3, 0.4) is 0 Å². The van der Waals surface area contributed by atoms with Crippen LogP contribution in [0.1, 0.15) is 4.88 Å². The highest BCUT2D eigenvalue weighted by Gasteiger charge is 2.21. The average Bonchev–Trinajstić information content (AvgIpc) is 2.81. The minimum absolute atomic E-state index is 0.152. The second kappa shape index (κ2) is 5.93. The van der Waals surface area contributed by atoms with Gasteiger partial charge in [0.2, 0.25) is 11.6 Å². The highest BCUT2D eigenvalue weighted by Crippen LogP contribution is 2.29. The molecule has 0 unspecified atom stereocenters. The molecule has 0 radical (unpaired) electrons. The van der Waals surface area contributed by atoms with E-state index in [1.165, 1.54) is 6.33 Å². The van der Waals surface area contributed by atoms with E-state index in [1.807, 2.05) is 12.1 Å². The number of hydrogen-bond donors (Lipinski definition) is 2. The van der Waals surface area contributed by atoms with Gasteiger partial charge in [-0.3, -0.25) is 10.1 Å². The van der Waals surface area contributed by atoms with E-state index in [0.717, 1.165) is 8.66 Å². The molecule has 100 valence electrons. The maximum atomic E-state index is 11.1. The molecule has 0 aliphatic rings. The number of thiophene rings is 1. The van der Waals surface area contributed by atoms with Crippen molar-refractivity contribution >= 4 is 44.6 Å². The fraction of sp³-hybridized carbons (Fsp3) is 0.200. The first-order valence-corrected chi connectivity index (χ1v) is 6.88. The highest BCUT2D eigenvalue weighted by atomic mass is 79.9. The quantitative estimate of drug-likeness (QED) is 0.640. The summed E-state index contributed by atoms with van der Waals surface area (Å²) in [6, 6.07) is 3.86. The van der Waals surface area contributed by atoms with E-state index in [4.69, 9.17) is 0 Å². The number of aromatic nitrogens is 2. The molecule has 19 heavy (non-hydrogen) atoms. The Hall–Kier alpha value is -1.74. The lowest BCUT2D eigenvalue weighted by atomic mass is 10.4. The van der Waals surface area contributed by atoms with Crippen molar-refractivity contribution < 1.29 is 4.92 Å². The molecule has 0 amide bonds. The smallest absolute Gasteiger partial charge is 0.353 e. The van der Waals surface area contributed by atoms with Crippen LogP contribution in [0, 0.1) is 10.1 Å². The fourth-order valence-corrected chi connectivity index (χ4v) is 2.90. The largest absolute Gasteiger partial charge is 0.367 e. The van der Waals surface area contributed by atoms with E-state index in [0.29, 0.717) is 6.54 Å². The van der Waals surface area contributed by atoms with Crippen molar-refractivity contribution in [3.8, 4) is 0 Å². The minimum atomic E-state index is -0.501. The minimum Gasteiger partial charge on any atom is -0.367 e. The molecule has 2 N–H and O–H groups in total. The zero-order valence-corrected chi connectivity index (χ0v) is 12.3. The van der Waals surface area contributed by atoms with Crippen LogP contribution in [0.25, 0.3) is 0 Å². The van der Waals surface area contributed by atoms with E-state index in [9.17, 15) is 10.1 Å². The van der Waals surface area contributed by atoms with Crippen LogP contribution in [0.4, 0.5) is 17.3 Å². The van der Waals surface area contributed by atoms with Crippen molar-refractivity contribution in [2.24, 2.45) is 0 Å². The molecule has 2 rings (SSSR count). The van der Waals surface area contributed by atoms with Gasteiger partial charge in [-0.2, -0.15) is 0 Å². The first kappa shape index (κ1) is 13.7. The maximum Gasteiger partial charge on any atom is 0.353 e. The van der Waals surface area contributed by atoms with E-state index in [2.05, 4.69) is 36.5 Å². The molecule has 0 aromatic carbocycles. The Morgan fingerprint density at radius 1 is 1.42 bits per heavy atom. The van der Waals surface area contributed by atoms with E-state index < -0.39 is 4.92 Å². The summed E-state index contributed by atoms with van der Waals surface area (Å²) < 4.78 is 1.01. The Morgan fingerprint density at radius 2 is 2.16 bits per heavy atom. The zero-order chi connectivity index (χ0) is 13.8. The summed E-state index contributed by atoms with van der Waals surface area (Å²) in [6.07, 6.45) is 1.28. The summed E-state index contributed by atoms with van der Waals surface area (Å²) in [6.45, 7) is 0.470. The fourth-order valence-electron chi connectivity index (χ4n) is 1.48. The number of halogens is 1. The lowest BCUT2D eigenvalue weighted by Gasteiger charge is -2.07. The molecule has 0 atom stereocenters. The van der Waals surface area contributed by atoms with E-state index in [-0.39, 0.29) is 17.3 Å². The van der Waals surface area contributed by atoms with E-state index >= 15 is 0 Å². The number of anilines is 2. The Bertz CT molecular complexity index is 603. The van der Waals surface area contributed by atoms with Gasteiger partial charge in [0.1, 0.15) is 6.33 Å². The van der Waals surface area contributed by atoms with Crippen LogP contribution in [-0.4, -0.2) is 21.9 Å². The van der Waals surface area contributed by atoms with Crippen molar-refractivity contribution in [3.63, 3.8) is 0 Å². The van der Waals surface area contributed by atoms with Gasteiger partial charge in [0, 0.05) is 11.9 Å². The standard InChI is InChI=1S/C10H10BrN5O2S/c1-12-9-8(16(17)18)10(15-5-14-9)13-4-6-2-3-7(11)19-6/h2-3,5H,4H2,1H3,(H2,12,13,14,15). The lowest BCUT2D eigenvalue weighted by Crippen LogP contribution is -2.07. The Morgan fingerprint density at radius 3 is 2.74 bits per heavy atom. The summed E-state index contributed by atoms with van der Waals surface area (Å²) >= 11 is 4.92. The van der Waals surface area contributed by atoms with Crippen molar-refractivity contribution in [2.75, 3.05) is 17.7 Å². The molecule has 0 saturated heterocycles. The van der Waals surface area contributed by atoms with Crippen molar-refractivity contribution in [1.82, 2.24) is 9.97 Å². The predicted molar refractivity (Wildman–Crippen MR) is 77.6 cm³/mol. The van der Waals surface area contributed by atoms with Crippen LogP contribution in [0.15, 0.2) is 22.2 Å². The van der Waals surface area contributed by atoms with E-state index in [1.54, 1.807) is 18.4 Å². The lowest BCUT2D eigenvalue weighted by molar-refractivity contribution is -0.383. The van der Waals surface area contributed by atoms with Gasteiger partial charge in [0.25, 0.3) is 0 Å². The van der Waals surface area contributed by atoms with Gasteiger partial charge in [0.15, 0.2) is 0 Å². The summed E-state index contributed by atoms with van der Waals surface area (Å²) in [7, 11) is 1.58. The topological polar surface area (TPSA) is 93.0 Å². The van der Waals surface area contributed by atoms with Crippen LogP contribution in [0.2, 0.25) is 0 Å². The van der Waals surface area contributed by atoms with Gasteiger partial charge >= 0.3 is 5.69 Å². The first-order chi connectivity index (χ1) is 9.11. The SMILES string of the molecule is CNc1ncnc(NCc2ccc(Br)s2)c1[N+](=O)[O-]. The molecule has 0 saturated carbocycles. The van der Waals surface area contributed by atoms with Crippen LogP contribution >= 0.6 is 27.3 Å². The molecule has 7 nitrogen and oxygen atoms in total. The second-order valence-corrected chi connectivity index (χ2v) is 6.03. The third kappa shape index (κ3) is 3.18. The zero-order valence-electron chi connectivity index (χ0n) is 9.88. The molecule has 0 aliphatic heterocycles. The van der Waals surface area contributed by atoms with Crippen molar-refractivity contribution in [1.29, 1.82) is 0 Å². The molecule has 0 fully saturated rings. The second-order valence-electron chi connectivity index (χ2n) is 3.49. The molecule has 2 aromatic rings. The monoisotopic (exact) mass is 343 g/mol. The predicted octanol–water partition coefficient (Wildman–Crippen LogP) is 2.86. The van der Waals surface area contributed by atoms with Gasteiger partial charge in [-0.1, -0.05) is 0 Å². The number of nitro groups is 1. The number of nitrogens with one attached hydrogen (secondary N) is 2. The highest BCUT2D eigenvalue weighted by molar-refractivity contribution is 9.11. The Balaban J connectivity index is 2.22. The summed E-state index contributed by atoms with van der Waals surface area (Å²) in [5.74, 6) is 0.392. The molecular formula is C10H10BrN5O2S. The molecule has 0 bridgehead atoms.